The van der Waals surface area contributed by atoms with Gasteiger partial charge < -0.3 is 15.7 Å². The molecule has 1 amide bonds. The predicted molar refractivity (Wildman–Crippen MR) is 67.8 cm³/mol. The van der Waals surface area contributed by atoms with E-state index in [0.29, 0.717) is 5.69 Å². The van der Waals surface area contributed by atoms with Crippen LogP contribution in [0.5, 0.6) is 5.75 Å². The molecule has 1 aromatic carbocycles. The Hall–Kier alpha value is -0.970. The third-order valence-corrected chi connectivity index (χ3v) is 3.24. The Balaban J connectivity index is 2.10. The van der Waals surface area contributed by atoms with Gasteiger partial charge in [-0.1, -0.05) is 23.2 Å². The number of phenols is 1. The quantitative estimate of drug-likeness (QED) is 0.726. The molecule has 1 unspecified atom stereocenters. The van der Waals surface area contributed by atoms with Gasteiger partial charge in [0.1, 0.15) is 0 Å². The topological polar surface area (TPSA) is 61.4 Å². The number of carbonyl (C=O) groups is 1. The summed E-state index contributed by atoms with van der Waals surface area (Å²) in [6.07, 6.45) is 1.82. The van der Waals surface area contributed by atoms with Crippen LogP contribution in [0.3, 0.4) is 0 Å². The summed E-state index contributed by atoms with van der Waals surface area (Å²) < 4.78 is 0. The average molecular weight is 275 g/mol. The molecule has 0 aromatic heterocycles. The van der Waals surface area contributed by atoms with Crippen LogP contribution in [0, 0.1) is 0 Å². The number of hydrogen-bond acceptors (Lipinski definition) is 3. The lowest BCUT2D eigenvalue weighted by Gasteiger charge is -2.12. The molecule has 0 aliphatic carbocycles. The molecule has 0 bridgehead atoms. The molecule has 2 rings (SSSR count). The van der Waals surface area contributed by atoms with Gasteiger partial charge in [-0.3, -0.25) is 4.79 Å². The molecule has 0 spiro atoms. The molecule has 0 saturated carbocycles. The highest BCUT2D eigenvalue weighted by Gasteiger charge is 2.22. The molecule has 4 nitrogen and oxygen atoms in total. The number of phenolic OH excluding ortho intramolecular Hbond substituents is 1. The molecular formula is C11H12Cl2N2O2. The third-order valence-electron chi connectivity index (χ3n) is 2.66. The van der Waals surface area contributed by atoms with E-state index in [1.807, 2.05) is 0 Å². The van der Waals surface area contributed by atoms with Gasteiger partial charge in [-0.25, -0.2) is 0 Å². The highest BCUT2D eigenvalue weighted by atomic mass is 35.5. The molecule has 3 N–H and O–H groups in total. The van der Waals surface area contributed by atoms with Crippen LogP contribution in [-0.4, -0.2) is 23.6 Å². The van der Waals surface area contributed by atoms with Crippen LogP contribution >= 0.6 is 23.2 Å². The summed E-state index contributed by atoms with van der Waals surface area (Å²) in [6, 6.07) is 2.77. The fourth-order valence-electron chi connectivity index (χ4n) is 1.78. The van der Waals surface area contributed by atoms with Gasteiger partial charge in [0, 0.05) is 5.69 Å². The molecule has 1 fully saturated rings. The van der Waals surface area contributed by atoms with Crippen molar-refractivity contribution in [3.05, 3.63) is 22.2 Å². The Morgan fingerprint density at radius 3 is 2.59 bits per heavy atom. The maximum absolute atomic E-state index is 11.8. The van der Waals surface area contributed by atoms with Gasteiger partial charge in [-0.05, 0) is 31.5 Å². The summed E-state index contributed by atoms with van der Waals surface area (Å²) in [6.45, 7) is 0.856. The standard InChI is InChI=1S/C11H12Cl2N2O2/c12-7-4-6(5-8(13)10(7)16)15-11(17)9-2-1-3-14-9/h4-5,9,14,16H,1-3H2,(H,15,17). The molecule has 1 saturated heterocycles. The zero-order valence-corrected chi connectivity index (χ0v) is 10.5. The Labute approximate surface area is 109 Å². The van der Waals surface area contributed by atoms with Crippen LogP contribution in [0.1, 0.15) is 12.8 Å². The van der Waals surface area contributed by atoms with E-state index in [1.54, 1.807) is 0 Å². The first-order chi connectivity index (χ1) is 8.08. The molecule has 1 atom stereocenters. The number of hydrogen-bond donors (Lipinski definition) is 3. The second-order valence-electron chi connectivity index (χ2n) is 3.93. The molecule has 0 radical (unpaired) electrons. The molecule has 17 heavy (non-hydrogen) atoms. The minimum Gasteiger partial charge on any atom is -0.505 e. The number of benzene rings is 1. The SMILES string of the molecule is O=C(Nc1cc(Cl)c(O)c(Cl)c1)C1CCCN1. The minimum atomic E-state index is -0.176. The maximum atomic E-state index is 11.8. The first-order valence-corrected chi connectivity index (χ1v) is 6.06. The highest BCUT2D eigenvalue weighted by molar-refractivity contribution is 6.37. The molecule has 1 aromatic rings. The minimum absolute atomic E-state index is 0.111. The summed E-state index contributed by atoms with van der Waals surface area (Å²) in [5.74, 6) is -0.286. The third kappa shape index (κ3) is 2.83. The van der Waals surface area contributed by atoms with Crippen LogP contribution < -0.4 is 10.6 Å². The lowest BCUT2D eigenvalue weighted by Crippen LogP contribution is -2.35. The summed E-state index contributed by atoms with van der Waals surface area (Å²) in [7, 11) is 0. The smallest absolute Gasteiger partial charge is 0.241 e. The van der Waals surface area contributed by atoms with Crippen LogP contribution in [0.4, 0.5) is 5.69 Å². The van der Waals surface area contributed by atoms with Crippen molar-refractivity contribution in [1.82, 2.24) is 5.32 Å². The lowest BCUT2D eigenvalue weighted by molar-refractivity contribution is -0.117. The van der Waals surface area contributed by atoms with Crippen LogP contribution in [0.2, 0.25) is 10.0 Å². The zero-order valence-electron chi connectivity index (χ0n) is 8.96. The summed E-state index contributed by atoms with van der Waals surface area (Å²) in [5, 5.41) is 15.4. The van der Waals surface area contributed by atoms with Crippen molar-refractivity contribution in [3.63, 3.8) is 0 Å². The largest absolute Gasteiger partial charge is 0.505 e. The van der Waals surface area contributed by atoms with Gasteiger partial charge in [0.05, 0.1) is 16.1 Å². The zero-order chi connectivity index (χ0) is 12.4. The highest BCUT2D eigenvalue weighted by Crippen LogP contribution is 2.34. The van der Waals surface area contributed by atoms with E-state index < -0.39 is 0 Å². The van der Waals surface area contributed by atoms with Crippen LogP contribution in [0.25, 0.3) is 0 Å². The van der Waals surface area contributed by atoms with Gasteiger partial charge in [0.25, 0.3) is 0 Å². The fourth-order valence-corrected chi connectivity index (χ4v) is 2.26. The monoisotopic (exact) mass is 274 g/mol. The fraction of sp³-hybridized carbons (Fsp3) is 0.364. The van der Waals surface area contributed by atoms with Crippen molar-refractivity contribution in [3.8, 4) is 5.75 Å². The van der Waals surface area contributed by atoms with Crippen molar-refractivity contribution < 1.29 is 9.90 Å². The van der Waals surface area contributed by atoms with E-state index in [2.05, 4.69) is 10.6 Å². The number of carbonyl (C=O) groups excluding carboxylic acids is 1. The molecule has 1 heterocycles. The first-order valence-electron chi connectivity index (χ1n) is 5.30. The summed E-state index contributed by atoms with van der Waals surface area (Å²) >= 11 is 11.5. The molecular weight excluding hydrogens is 263 g/mol. The first kappa shape index (κ1) is 12.5. The summed E-state index contributed by atoms with van der Waals surface area (Å²) in [4.78, 5) is 11.8. The Morgan fingerprint density at radius 1 is 1.41 bits per heavy atom. The number of amides is 1. The van der Waals surface area contributed by atoms with E-state index in [4.69, 9.17) is 23.2 Å². The Morgan fingerprint density at radius 2 is 2.06 bits per heavy atom. The van der Waals surface area contributed by atoms with Crippen molar-refractivity contribution in [1.29, 1.82) is 0 Å². The van der Waals surface area contributed by atoms with Gasteiger partial charge >= 0.3 is 0 Å². The number of halogens is 2. The van der Waals surface area contributed by atoms with Gasteiger partial charge in [-0.15, -0.1) is 0 Å². The van der Waals surface area contributed by atoms with E-state index in [9.17, 15) is 9.90 Å². The van der Waals surface area contributed by atoms with Crippen molar-refractivity contribution in [2.75, 3.05) is 11.9 Å². The Kier molecular flexibility index (Phi) is 3.76. The van der Waals surface area contributed by atoms with E-state index in [-0.39, 0.29) is 27.7 Å². The number of nitrogens with one attached hydrogen (secondary N) is 2. The van der Waals surface area contributed by atoms with Crippen LogP contribution in [0.15, 0.2) is 12.1 Å². The van der Waals surface area contributed by atoms with Gasteiger partial charge in [-0.2, -0.15) is 0 Å². The van der Waals surface area contributed by atoms with Gasteiger partial charge in [0.2, 0.25) is 5.91 Å². The molecule has 6 heteroatoms. The molecule has 1 aliphatic heterocycles. The normalized spacial score (nSPS) is 19.3. The lowest BCUT2D eigenvalue weighted by atomic mass is 10.2. The second kappa shape index (κ2) is 5.12. The number of rotatable bonds is 2. The van der Waals surface area contributed by atoms with Crippen molar-refractivity contribution >= 4 is 34.8 Å². The van der Waals surface area contributed by atoms with E-state index in [0.717, 1.165) is 19.4 Å². The van der Waals surface area contributed by atoms with Gasteiger partial charge in [0.15, 0.2) is 5.75 Å². The summed E-state index contributed by atoms with van der Waals surface area (Å²) in [5.41, 5.74) is 0.483. The maximum Gasteiger partial charge on any atom is 0.241 e. The van der Waals surface area contributed by atoms with E-state index >= 15 is 0 Å². The van der Waals surface area contributed by atoms with E-state index in [1.165, 1.54) is 12.1 Å². The number of anilines is 1. The van der Waals surface area contributed by atoms with Crippen molar-refractivity contribution in [2.24, 2.45) is 0 Å². The molecule has 92 valence electrons. The predicted octanol–water partition coefficient (Wildman–Crippen LogP) is 2.39. The number of aromatic hydroxyl groups is 1. The van der Waals surface area contributed by atoms with Crippen LogP contribution in [-0.2, 0) is 4.79 Å². The Bertz CT molecular complexity index is 422. The second-order valence-corrected chi connectivity index (χ2v) is 4.74. The average Bonchev–Trinajstić information content (AvgIpc) is 2.79. The van der Waals surface area contributed by atoms with Crippen molar-refractivity contribution in [2.45, 2.75) is 18.9 Å². The molecule has 1 aliphatic rings.